The SMILES string of the molecule is Cc1cccc(C)c1NC(=O)CSc1nnc(-c2ccc(Br)cc2)o1. The van der Waals surface area contributed by atoms with Crippen LogP contribution in [0.1, 0.15) is 11.1 Å². The second-order valence-corrected chi connectivity index (χ2v) is 7.33. The standard InChI is InChI=1S/C18H16BrN3O2S/c1-11-4-3-5-12(2)16(11)20-15(23)10-25-18-22-21-17(24-18)13-6-8-14(19)9-7-13/h3-9H,10H2,1-2H3,(H,20,23). The molecule has 0 radical (unpaired) electrons. The smallest absolute Gasteiger partial charge is 0.277 e. The number of aromatic nitrogens is 2. The highest BCUT2D eigenvalue weighted by atomic mass is 79.9. The molecule has 1 aromatic heterocycles. The number of amides is 1. The zero-order chi connectivity index (χ0) is 17.8. The van der Waals surface area contributed by atoms with E-state index in [9.17, 15) is 4.79 Å². The first kappa shape index (κ1) is 17.7. The summed E-state index contributed by atoms with van der Waals surface area (Å²) >= 11 is 4.60. The lowest BCUT2D eigenvalue weighted by Gasteiger charge is -2.10. The van der Waals surface area contributed by atoms with Gasteiger partial charge in [0.05, 0.1) is 5.75 Å². The Hall–Kier alpha value is -2.12. The molecule has 1 N–H and O–H groups in total. The molecule has 1 heterocycles. The van der Waals surface area contributed by atoms with Crippen LogP contribution in [-0.2, 0) is 4.79 Å². The van der Waals surface area contributed by atoms with E-state index in [1.54, 1.807) is 0 Å². The van der Waals surface area contributed by atoms with Crippen LogP contribution in [0.25, 0.3) is 11.5 Å². The van der Waals surface area contributed by atoms with Crippen molar-refractivity contribution in [3.8, 4) is 11.5 Å². The van der Waals surface area contributed by atoms with Crippen LogP contribution < -0.4 is 5.32 Å². The zero-order valence-electron chi connectivity index (χ0n) is 13.7. The van der Waals surface area contributed by atoms with E-state index in [1.807, 2.05) is 56.3 Å². The molecule has 0 saturated heterocycles. The normalized spacial score (nSPS) is 10.7. The van der Waals surface area contributed by atoms with E-state index in [-0.39, 0.29) is 11.7 Å². The molecule has 2 aromatic carbocycles. The molecule has 1 amide bonds. The van der Waals surface area contributed by atoms with Gasteiger partial charge in [-0.15, -0.1) is 10.2 Å². The Morgan fingerprint density at radius 2 is 1.80 bits per heavy atom. The number of rotatable bonds is 5. The van der Waals surface area contributed by atoms with Crippen molar-refractivity contribution in [3.63, 3.8) is 0 Å². The van der Waals surface area contributed by atoms with Crippen LogP contribution in [0.2, 0.25) is 0 Å². The summed E-state index contributed by atoms with van der Waals surface area (Å²) < 4.78 is 6.58. The number of aryl methyl sites for hydroxylation is 2. The van der Waals surface area contributed by atoms with E-state index in [1.165, 1.54) is 11.8 Å². The number of nitrogens with one attached hydrogen (secondary N) is 1. The topological polar surface area (TPSA) is 68.0 Å². The molecule has 0 bridgehead atoms. The van der Waals surface area contributed by atoms with Crippen molar-refractivity contribution >= 4 is 39.3 Å². The van der Waals surface area contributed by atoms with Crippen molar-refractivity contribution in [3.05, 3.63) is 58.1 Å². The van der Waals surface area contributed by atoms with Gasteiger partial charge in [-0.25, -0.2) is 0 Å². The molecule has 0 fully saturated rings. The van der Waals surface area contributed by atoms with Crippen LogP contribution in [0.5, 0.6) is 0 Å². The van der Waals surface area contributed by atoms with Gasteiger partial charge in [-0.1, -0.05) is 45.9 Å². The first-order valence-electron chi connectivity index (χ1n) is 7.61. The van der Waals surface area contributed by atoms with Crippen molar-refractivity contribution in [2.45, 2.75) is 19.1 Å². The van der Waals surface area contributed by atoms with Crippen LogP contribution in [0.15, 0.2) is 56.6 Å². The summed E-state index contributed by atoms with van der Waals surface area (Å²) in [5.41, 5.74) is 3.76. The van der Waals surface area contributed by atoms with Gasteiger partial charge in [-0.2, -0.15) is 0 Å². The number of nitrogens with zero attached hydrogens (tertiary/aromatic N) is 2. The van der Waals surface area contributed by atoms with E-state index in [0.29, 0.717) is 11.1 Å². The van der Waals surface area contributed by atoms with E-state index >= 15 is 0 Å². The molecule has 25 heavy (non-hydrogen) atoms. The minimum absolute atomic E-state index is 0.106. The lowest BCUT2D eigenvalue weighted by atomic mass is 10.1. The summed E-state index contributed by atoms with van der Waals surface area (Å²) in [7, 11) is 0. The first-order chi connectivity index (χ1) is 12.0. The summed E-state index contributed by atoms with van der Waals surface area (Å²) in [6.07, 6.45) is 0. The lowest BCUT2D eigenvalue weighted by Crippen LogP contribution is -2.15. The fraction of sp³-hybridized carbons (Fsp3) is 0.167. The van der Waals surface area contributed by atoms with Gasteiger partial charge in [0.25, 0.3) is 5.22 Å². The van der Waals surface area contributed by atoms with Crippen LogP contribution in [-0.4, -0.2) is 21.9 Å². The molecule has 0 atom stereocenters. The maximum absolute atomic E-state index is 12.2. The predicted octanol–water partition coefficient (Wildman–Crippen LogP) is 4.85. The van der Waals surface area contributed by atoms with Crippen molar-refractivity contribution in [2.75, 3.05) is 11.1 Å². The Balaban J connectivity index is 1.60. The maximum atomic E-state index is 12.2. The van der Waals surface area contributed by atoms with E-state index < -0.39 is 0 Å². The summed E-state index contributed by atoms with van der Waals surface area (Å²) in [5, 5.41) is 11.3. The maximum Gasteiger partial charge on any atom is 0.277 e. The molecule has 0 saturated carbocycles. The minimum atomic E-state index is -0.106. The Morgan fingerprint density at radius 3 is 2.48 bits per heavy atom. The van der Waals surface area contributed by atoms with Gasteiger partial charge in [0.2, 0.25) is 11.8 Å². The van der Waals surface area contributed by atoms with Gasteiger partial charge in [0.1, 0.15) is 0 Å². The average Bonchev–Trinajstić information content (AvgIpc) is 3.06. The number of benzene rings is 2. The van der Waals surface area contributed by atoms with Crippen LogP contribution in [0.3, 0.4) is 0 Å². The molecule has 7 heteroatoms. The third kappa shape index (κ3) is 4.49. The molecule has 128 valence electrons. The fourth-order valence-corrected chi connectivity index (χ4v) is 3.12. The van der Waals surface area contributed by atoms with E-state index in [4.69, 9.17) is 4.42 Å². The van der Waals surface area contributed by atoms with Crippen LogP contribution in [0.4, 0.5) is 5.69 Å². The zero-order valence-corrected chi connectivity index (χ0v) is 16.1. The highest BCUT2D eigenvalue weighted by molar-refractivity contribution is 9.10. The van der Waals surface area contributed by atoms with Crippen LogP contribution >= 0.6 is 27.7 Å². The number of halogens is 1. The monoisotopic (exact) mass is 417 g/mol. The Labute approximate surface area is 158 Å². The molecule has 0 unspecified atom stereocenters. The van der Waals surface area contributed by atoms with Crippen molar-refractivity contribution in [2.24, 2.45) is 0 Å². The molecule has 0 aliphatic carbocycles. The molecule has 5 nitrogen and oxygen atoms in total. The molecule has 3 rings (SSSR count). The number of anilines is 1. The predicted molar refractivity (Wildman–Crippen MR) is 103 cm³/mol. The third-order valence-electron chi connectivity index (χ3n) is 3.57. The summed E-state index contributed by atoms with van der Waals surface area (Å²) in [6, 6.07) is 13.5. The van der Waals surface area contributed by atoms with Gasteiger partial charge in [-0.05, 0) is 49.2 Å². The first-order valence-corrected chi connectivity index (χ1v) is 9.39. The summed E-state index contributed by atoms with van der Waals surface area (Å²) in [4.78, 5) is 12.2. The van der Waals surface area contributed by atoms with Crippen molar-refractivity contribution in [1.82, 2.24) is 10.2 Å². The molecule has 0 aliphatic heterocycles. The molecular formula is C18H16BrN3O2S. The minimum Gasteiger partial charge on any atom is -0.411 e. The molecular weight excluding hydrogens is 402 g/mol. The third-order valence-corrected chi connectivity index (χ3v) is 4.92. The lowest BCUT2D eigenvalue weighted by molar-refractivity contribution is -0.113. The summed E-state index contributed by atoms with van der Waals surface area (Å²) in [5.74, 6) is 0.534. The number of thioether (sulfide) groups is 1. The number of hydrogen-bond donors (Lipinski definition) is 1. The second-order valence-electron chi connectivity index (χ2n) is 5.48. The van der Waals surface area contributed by atoms with Crippen molar-refractivity contribution in [1.29, 1.82) is 0 Å². The number of para-hydroxylation sites is 1. The van der Waals surface area contributed by atoms with Gasteiger partial charge in [-0.3, -0.25) is 4.79 Å². The largest absolute Gasteiger partial charge is 0.411 e. The number of carbonyl (C=O) groups excluding carboxylic acids is 1. The van der Waals surface area contributed by atoms with Gasteiger partial charge >= 0.3 is 0 Å². The second kappa shape index (κ2) is 7.84. The molecule has 3 aromatic rings. The van der Waals surface area contributed by atoms with Gasteiger partial charge < -0.3 is 9.73 Å². The highest BCUT2D eigenvalue weighted by Gasteiger charge is 2.12. The average molecular weight is 418 g/mol. The van der Waals surface area contributed by atoms with Gasteiger partial charge in [0, 0.05) is 15.7 Å². The van der Waals surface area contributed by atoms with Crippen LogP contribution in [0, 0.1) is 13.8 Å². The number of carbonyl (C=O) groups is 1. The van der Waals surface area contributed by atoms with Crippen molar-refractivity contribution < 1.29 is 9.21 Å². The van der Waals surface area contributed by atoms with Gasteiger partial charge in [0.15, 0.2) is 0 Å². The Bertz CT molecular complexity index is 873. The molecule has 0 spiro atoms. The number of hydrogen-bond acceptors (Lipinski definition) is 5. The fourth-order valence-electron chi connectivity index (χ4n) is 2.29. The Kier molecular flexibility index (Phi) is 5.55. The molecule has 0 aliphatic rings. The summed E-state index contributed by atoms with van der Waals surface area (Å²) in [6.45, 7) is 3.94. The van der Waals surface area contributed by atoms with E-state index in [2.05, 4.69) is 31.4 Å². The van der Waals surface area contributed by atoms with E-state index in [0.717, 1.165) is 26.9 Å². The highest BCUT2D eigenvalue weighted by Crippen LogP contribution is 2.25. The Morgan fingerprint density at radius 1 is 1.12 bits per heavy atom. The quantitative estimate of drug-likeness (QED) is 0.601.